The summed E-state index contributed by atoms with van der Waals surface area (Å²) in [5, 5.41) is 11.0. The summed E-state index contributed by atoms with van der Waals surface area (Å²) in [6.07, 6.45) is -6.10. The molecule has 0 saturated heterocycles. The molecule has 4 N–H and O–H groups in total. The first-order valence-corrected chi connectivity index (χ1v) is 6.98. The summed E-state index contributed by atoms with van der Waals surface area (Å²) in [4.78, 5) is 22.6. The number of hydrogen-bond acceptors (Lipinski definition) is 4. The van der Waals surface area contributed by atoms with Gasteiger partial charge in [0, 0.05) is 11.7 Å². The minimum atomic E-state index is -4.63. The van der Waals surface area contributed by atoms with Gasteiger partial charge in [-0.1, -0.05) is 6.07 Å². The molecule has 0 aromatic heterocycles. The van der Waals surface area contributed by atoms with Crippen molar-refractivity contribution in [2.45, 2.75) is 45.0 Å². The zero-order valence-corrected chi connectivity index (χ0v) is 13.4. The van der Waals surface area contributed by atoms with Gasteiger partial charge in [0.1, 0.15) is 5.60 Å². The number of halogens is 3. The van der Waals surface area contributed by atoms with Crippen molar-refractivity contribution >= 4 is 17.7 Å². The van der Waals surface area contributed by atoms with E-state index in [2.05, 4.69) is 5.32 Å². The highest BCUT2D eigenvalue weighted by atomic mass is 19.4. The largest absolute Gasteiger partial charge is 0.481 e. The Hall–Kier alpha value is -2.29. The van der Waals surface area contributed by atoms with Crippen LogP contribution in [0.15, 0.2) is 18.2 Å². The van der Waals surface area contributed by atoms with Crippen LogP contribution < -0.4 is 11.1 Å². The third-order valence-electron chi connectivity index (χ3n) is 2.81. The average molecular weight is 348 g/mol. The van der Waals surface area contributed by atoms with Gasteiger partial charge >= 0.3 is 18.2 Å². The van der Waals surface area contributed by atoms with Crippen molar-refractivity contribution in [3.05, 3.63) is 29.3 Å². The summed E-state index contributed by atoms with van der Waals surface area (Å²) >= 11 is 0. The van der Waals surface area contributed by atoms with E-state index in [9.17, 15) is 22.8 Å². The second-order valence-corrected chi connectivity index (χ2v) is 6.13. The Morgan fingerprint density at radius 2 is 1.88 bits per heavy atom. The smallest absolute Gasteiger partial charge is 0.416 e. The standard InChI is InChI=1S/C15H19F3N2O4/c1-14(2,3)24-13(23)20-11-6-8(15(16,17)18)4-5-9(11)10(19)7-12(21)22/h4-6,10H,7,19H2,1-3H3,(H,20,23)(H,21,22). The van der Waals surface area contributed by atoms with Crippen LogP contribution in [-0.2, 0) is 15.7 Å². The van der Waals surface area contributed by atoms with E-state index >= 15 is 0 Å². The lowest BCUT2D eigenvalue weighted by atomic mass is 10.00. The highest BCUT2D eigenvalue weighted by Crippen LogP contribution is 2.34. The molecule has 24 heavy (non-hydrogen) atoms. The number of anilines is 1. The number of nitrogens with two attached hydrogens (primary N) is 1. The number of carboxylic acids is 1. The highest BCUT2D eigenvalue weighted by Gasteiger charge is 2.32. The number of ether oxygens (including phenoxy) is 1. The molecule has 134 valence electrons. The Balaban J connectivity index is 3.19. The molecule has 1 unspecified atom stereocenters. The van der Waals surface area contributed by atoms with Gasteiger partial charge in [-0.3, -0.25) is 10.1 Å². The van der Waals surface area contributed by atoms with Gasteiger partial charge in [0.25, 0.3) is 0 Å². The number of carbonyl (C=O) groups excluding carboxylic acids is 1. The molecule has 0 fully saturated rings. The topological polar surface area (TPSA) is 102 Å². The second-order valence-electron chi connectivity index (χ2n) is 6.13. The summed E-state index contributed by atoms with van der Waals surface area (Å²) in [5.41, 5.74) is 3.68. The van der Waals surface area contributed by atoms with E-state index in [0.29, 0.717) is 6.07 Å². The quantitative estimate of drug-likeness (QED) is 0.773. The summed E-state index contributed by atoms with van der Waals surface area (Å²) in [7, 11) is 0. The first-order valence-electron chi connectivity index (χ1n) is 6.98. The fourth-order valence-corrected chi connectivity index (χ4v) is 1.88. The molecule has 1 rings (SSSR count). The van der Waals surface area contributed by atoms with Gasteiger partial charge < -0.3 is 15.6 Å². The second kappa shape index (κ2) is 7.08. The molecule has 1 aromatic rings. The lowest BCUT2D eigenvalue weighted by molar-refractivity contribution is -0.138. The molecule has 0 aliphatic heterocycles. The van der Waals surface area contributed by atoms with Gasteiger partial charge in [0.2, 0.25) is 0 Å². The predicted molar refractivity (Wildman–Crippen MR) is 80.5 cm³/mol. The van der Waals surface area contributed by atoms with Gasteiger partial charge in [0.15, 0.2) is 0 Å². The lowest BCUT2D eigenvalue weighted by Crippen LogP contribution is -2.28. The van der Waals surface area contributed by atoms with Crippen molar-refractivity contribution in [2.24, 2.45) is 5.73 Å². The minimum absolute atomic E-state index is 0.0660. The molecule has 0 spiro atoms. The van der Waals surface area contributed by atoms with Gasteiger partial charge in [-0.05, 0) is 38.5 Å². The Kier molecular flexibility index (Phi) is 5.83. The van der Waals surface area contributed by atoms with Crippen molar-refractivity contribution in [3.8, 4) is 0 Å². The van der Waals surface area contributed by atoms with E-state index < -0.39 is 41.9 Å². The van der Waals surface area contributed by atoms with Crippen molar-refractivity contribution < 1.29 is 32.6 Å². The molecular formula is C15H19F3N2O4. The van der Waals surface area contributed by atoms with Crippen molar-refractivity contribution in [2.75, 3.05) is 5.32 Å². The molecule has 0 radical (unpaired) electrons. The van der Waals surface area contributed by atoms with Crippen molar-refractivity contribution in [1.82, 2.24) is 0 Å². The highest BCUT2D eigenvalue weighted by molar-refractivity contribution is 5.86. The number of rotatable bonds is 4. The normalized spacial score (nSPS) is 13.3. The molecule has 1 atom stereocenters. The lowest BCUT2D eigenvalue weighted by Gasteiger charge is -2.22. The van der Waals surface area contributed by atoms with Crippen LogP contribution in [0.25, 0.3) is 0 Å². The zero-order chi connectivity index (χ0) is 18.7. The number of benzene rings is 1. The van der Waals surface area contributed by atoms with Gasteiger partial charge in [-0.25, -0.2) is 4.79 Å². The van der Waals surface area contributed by atoms with Crippen LogP contribution >= 0.6 is 0 Å². The number of amides is 1. The van der Waals surface area contributed by atoms with Gasteiger partial charge in [0.05, 0.1) is 12.0 Å². The molecule has 1 aromatic carbocycles. The van der Waals surface area contributed by atoms with Gasteiger partial charge in [-0.2, -0.15) is 13.2 Å². The molecule has 0 saturated carbocycles. The maximum atomic E-state index is 12.9. The number of hydrogen-bond donors (Lipinski definition) is 3. The van der Waals surface area contributed by atoms with Crippen LogP contribution in [0.1, 0.15) is 44.4 Å². The SMILES string of the molecule is CC(C)(C)OC(=O)Nc1cc(C(F)(F)F)ccc1C(N)CC(=O)O. The van der Waals surface area contributed by atoms with E-state index in [1.165, 1.54) is 0 Å². The Morgan fingerprint density at radius 3 is 2.33 bits per heavy atom. The average Bonchev–Trinajstić information content (AvgIpc) is 2.33. The van der Waals surface area contributed by atoms with Crippen molar-refractivity contribution in [1.29, 1.82) is 0 Å². The van der Waals surface area contributed by atoms with E-state index in [0.717, 1.165) is 12.1 Å². The predicted octanol–water partition coefficient (Wildman–Crippen LogP) is 3.53. The zero-order valence-electron chi connectivity index (χ0n) is 13.4. The van der Waals surface area contributed by atoms with Crippen molar-refractivity contribution in [3.63, 3.8) is 0 Å². The molecule has 0 heterocycles. The number of alkyl halides is 3. The number of carbonyl (C=O) groups is 2. The van der Waals surface area contributed by atoms with E-state index in [-0.39, 0.29) is 11.3 Å². The van der Waals surface area contributed by atoms with Crippen LogP contribution in [0.2, 0.25) is 0 Å². The third kappa shape index (κ3) is 6.07. The van der Waals surface area contributed by atoms with E-state index in [1.54, 1.807) is 20.8 Å². The molecule has 1 amide bonds. The van der Waals surface area contributed by atoms with E-state index in [1.807, 2.05) is 0 Å². The Morgan fingerprint density at radius 1 is 1.29 bits per heavy atom. The molecular weight excluding hydrogens is 329 g/mol. The van der Waals surface area contributed by atoms with Crippen LogP contribution in [0, 0.1) is 0 Å². The number of aliphatic carboxylic acids is 1. The number of nitrogens with one attached hydrogen (secondary N) is 1. The molecule has 0 bridgehead atoms. The first kappa shape index (κ1) is 19.8. The third-order valence-corrected chi connectivity index (χ3v) is 2.81. The van der Waals surface area contributed by atoms with Gasteiger partial charge in [-0.15, -0.1) is 0 Å². The summed E-state index contributed by atoms with van der Waals surface area (Å²) in [6.45, 7) is 4.78. The number of carboxylic acid groups (broad SMARTS) is 1. The van der Waals surface area contributed by atoms with E-state index in [4.69, 9.17) is 15.6 Å². The molecule has 0 aliphatic carbocycles. The van der Waals surface area contributed by atoms with Crippen LogP contribution in [0.4, 0.5) is 23.7 Å². The van der Waals surface area contributed by atoms with Crippen LogP contribution in [-0.4, -0.2) is 22.8 Å². The van der Waals surface area contributed by atoms with Crippen LogP contribution in [0.3, 0.4) is 0 Å². The maximum absolute atomic E-state index is 12.9. The monoisotopic (exact) mass is 348 g/mol. The molecule has 0 aliphatic rings. The molecule has 6 nitrogen and oxygen atoms in total. The minimum Gasteiger partial charge on any atom is -0.481 e. The maximum Gasteiger partial charge on any atom is 0.416 e. The van der Waals surface area contributed by atoms with Crippen LogP contribution in [0.5, 0.6) is 0 Å². The Bertz CT molecular complexity index is 624. The fourth-order valence-electron chi connectivity index (χ4n) is 1.88. The molecule has 9 heteroatoms. The first-order chi connectivity index (χ1) is 10.8. The Labute approximate surface area is 136 Å². The summed E-state index contributed by atoms with van der Waals surface area (Å²) < 4.78 is 43.5. The fraction of sp³-hybridized carbons (Fsp3) is 0.467. The summed E-state index contributed by atoms with van der Waals surface area (Å²) in [6, 6.07) is 1.43. The summed E-state index contributed by atoms with van der Waals surface area (Å²) in [5.74, 6) is -1.22.